The van der Waals surface area contributed by atoms with Gasteiger partial charge in [-0.3, -0.25) is 4.72 Å². The van der Waals surface area contributed by atoms with E-state index in [2.05, 4.69) is 41.4 Å². The summed E-state index contributed by atoms with van der Waals surface area (Å²) < 4.78 is 28.8. The maximum atomic E-state index is 12.7. The Kier molecular flexibility index (Phi) is 4.68. The second-order valence-electron chi connectivity index (χ2n) is 6.35. The second kappa shape index (κ2) is 6.05. The molecule has 0 fully saturated rings. The van der Waals surface area contributed by atoms with Crippen molar-refractivity contribution in [2.75, 3.05) is 4.72 Å². The Labute approximate surface area is 140 Å². The van der Waals surface area contributed by atoms with Gasteiger partial charge in [0.2, 0.25) is 0 Å². The van der Waals surface area contributed by atoms with E-state index in [4.69, 9.17) is 0 Å². The molecule has 1 N–H and O–H groups in total. The molecule has 22 heavy (non-hydrogen) atoms. The summed E-state index contributed by atoms with van der Waals surface area (Å²) in [7, 11) is -3.61. The average molecular weight is 382 g/mol. The van der Waals surface area contributed by atoms with Crippen molar-refractivity contribution in [3.8, 4) is 0 Å². The van der Waals surface area contributed by atoms with Crippen molar-refractivity contribution >= 4 is 31.6 Å². The molecule has 0 heterocycles. The van der Waals surface area contributed by atoms with Crippen LogP contribution in [0.1, 0.15) is 31.9 Å². The first kappa shape index (κ1) is 17.0. The van der Waals surface area contributed by atoms with Crippen molar-refractivity contribution in [2.45, 2.75) is 38.0 Å². The number of sulfonamides is 1. The van der Waals surface area contributed by atoms with E-state index >= 15 is 0 Å². The second-order valence-corrected chi connectivity index (χ2v) is 8.91. The molecular weight excluding hydrogens is 362 g/mol. The van der Waals surface area contributed by atoms with Crippen molar-refractivity contribution < 1.29 is 8.42 Å². The molecule has 0 aliphatic rings. The van der Waals surface area contributed by atoms with Crippen LogP contribution in [0.25, 0.3) is 0 Å². The van der Waals surface area contributed by atoms with E-state index in [-0.39, 0.29) is 5.41 Å². The summed E-state index contributed by atoms with van der Waals surface area (Å²) in [5.74, 6) is 0. The zero-order chi connectivity index (χ0) is 16.5. The Morgan fingerprint density at radius 1 is 1.05 bits per heavy atom. The topological polar surface area (TPSA) is 46.2 Å². The van der Waals surface area contributed by atoms with Crippen LogP contribution in [0.5, 0.6) is 0 Å². The lowest BCUT2D eigenvalue weighted by Crippen LogP contribution is -2.17. The zero-order valence-corrected chi connectivity index (χ0v) is 15.5. The molecular formula is C17H20BrNO2S. The van der Waals surface area contributed by atoms with Crippen molar-refractivity contribution in [3.63, 3.8) is 0 Å². The molecule has 3 nitrogen and oxygen atoms in total. The number of aryl methyl sites for hydroxylation is 1. The number of halogens is 1. The fourth-order valence-corrected chi connectivity index (χ4v) is 3.84. The first-order valence-corrected chi connectivity index (χ1v) is 9.27. The minimum Gasteiger partial charge on any atom is -0.280 e. The summed E-state index contributed by atoms with van der Waals surface area (Å²) in [6.07, 6.45) is 0. The Balaban J connectivity index is 2.45. The third-order valence-corrected chi connectivity index (χ3v) is 5.44. The van der Waals surface area contributed by atoms with Gasteiger partial charge in [0.05, 0.1) is 4.90 Å². The van der Waals surface area contributed by atoms with E-state index in [9.17, 15) is 8.42 Å². The molecule has 0 saturated carbocycles. The van der Waals surface area contributed by atoms with Crippen LogP contribution in [-0.4, -0.2) is 8.42 Å². The Morgan fingerprint density at radius 2 is 1.73 bits per heavy atom. The Bertz CT molecular complexity index is 793. The van der Waals surface area contributed by atoms with Gasteiger partial charge in [0.15, 0.2) is 0 Å². The molecule has 0 aliphatic heterocycles. The highest BCUT2D eigenvalue weighted by Gasteiger charge is 2.21. The molecule has 5 heteroatoms. The number of hydrogen-bond donors (Lipinski definition) is 1. The smallest absolute Gasteiger partial charge is 0.262 e. The number of nitrogens with one attached hydrogen (secondary N) is 1. The molecule has 2 aromatic rings. The van der Waals surface area contributed by atoms with Gasteiger partial charge < -0.3 is 0 Å². The fourth-order valence-electron chi connectivity index (χ4n) is 2.12. The van der Waals surface area contributed by atoms with Crippen LogP contribution < -0.4 is 4.72 Å². The molecule has 0 atom stereocenters. The van der Waals surface area contributed by atoms with Crippen LogP contribution >= 0.6 is 15.9 Å². The minimum atomic E-state index is -3.61. The van der Waals surface area contributed by atoms with E-state index in [0.29, 0.717) is 10.6 Å². The molecule has 2 aromatic carbocycles. The van der Waals surface area contributed by atoms with Crippen LogP contribution in [0.15, 0.2) is 51.8 Å². The van der Waals surface area contributed by atoms with Crippen LogP contribution in [-0.2, 0) is 15.4 Å². The van der Waals surface area contributed by atoms with Crippen LogP contribution in [0, 0.1) is 6.92 Å². The minimum absolute atomic E-state index is 0.103. The van der Waals surface area contributed by atoms with Crippen LogP contribution in [0.4, 0.5) is 5.69 Å². The van der Waals surface area contributed by atoms with Gasteiger partial charge in [-0.1, -0.05) is 54.9 Å². The quantitative estimate of drug-likeness (QED) is 0.825. The molecule has 118 valence electrons. The van der Waals surface area contributed by atoms with Gasteiger partial charge in [-0.05, 0) is 47.7 Å². The summed E-state index contributed by atoms with van der Waals surface area (Å²) in [6.45, 7) is 8.00. The fraction of sp³-hybridized carbons (Fsp3) is 0.294. The Morgan fingerprint density at radius 3 is 2.32 bits per heavy atom. The monoisotopic (exact) mass is 381 g/mol. The van der Waals surface area contributed by atoms with Gasteiger partial charge in [-0.25, -0.2) is 8.42 Å². The van der Waals surface area contributed by atoms with Crippen LogP contribution in [0.2, 0.25) is 0 Å². The first-order chi connectivity index (χ1) is 10.1. The summed E-state index contributed by atoms with van der Waals surface area (Å²) in [5, 5.41) is 0. The van der Waals surface area contributed by atoms with Gasteiger partial charge in [0, 0.05) is 10.2 Å². The van der Waals surface area contributed by atoms with Crippen LogP contribution in [0.3, 0.4) is 0 Å². The number of hydrogen-bond acceptors (Lipinski definition) is 2. The predicted octanol–water partition coefficient (Wildman–Crippen LogP) is 4.86. The standard InChI is InChI=1S/C17H20BrNO2S/c1-12-8-9-13(17(2,3)4)10-16(12)22(20,21)19-15-7-5-6-14(18)11-15/h5-11,19H,1-4H3. The van der Waals surface area contributed by atoms with Gasteiger partial charge in [-0.15, -0.1) is 0 Å². The number of anilines is 1. The molecule has 2 rings (SSSR count). The normalized spacial score (nSPS) is 12.2. The molecule has 0 bridgehead atoms. The highest BCUT2D eigenvalue weighted by Crippen LogP contribution is 2.28. The molecule has 0 unspecified atom stereocenters. The lowest BCUT2D eigenvalue weighted by atomic mass is 9.87. The maximum Gasteiger partial charge on any atom is 0.262 e. The van der Waals surface area contributed by atoms with Crippen molar-refractivity contribution in [3.05, 3.63) is 58.1 Å². The largest absolute Gasteiger partial charge is 0.280 e. The predicted molar refractivity (Wildman–Crippen MR) is 94.8 cm³/mol. The summed E-state index contributed by atoms with van der Waals surface area (Å²) in [5.41, 5.74) is 2.16. The van der Waals surface area contributed by atoms with Gasteiger partial charge >= 0.3 is 0 Å². The SMILES string of the molecule is Cc1ccc(C(C)(C)C)cc1S(=O)(=O)Nc1cccc(Br)c1. The maximum absolute atomic E-state index is 12.7. The zero-order valence-electron chi connectivity index (χ0n) is 13.1. The molecule has 0 saturated heterocycles. The first-order valence-electron chi connectivity index (χ1n) is 6.99. The van der Waals surface area contributed by atoms with Gasteiger partial charge in [0.25, 0.3) is 10.0 Å². The summed E-state index contributed by atoms with van der Waals surface area (Å²) in [4.78, 5) is 0.319. The Hall–Kier alpha value is -1.33. The van der Waals surface area contributed by atoms with E-state index in [1.54, 1.807) is 24.3 Å². The third-order valence-electron chi connectivity index (χ3n) is 3.42. The summed E-state index contributed by atoms with van der Waals surface area (Å²) in [6, 6.07) is 12.7. The molecule has 0 radical (unpaired) electrons. The van der Waals surface area contributed by atoms with E-state index < -0.39 is 10.0 Å². The van der Waals surface area contributed by atoms with Gasteiger partial charge in [-0.2, -0.15) is 0 Å². The average Bonchev–Trinajstić information content (AvgIpc) is 2.36. The van der Waals surface area contributed by atoms with E-state index in [1.807, 2.05) is 25.1 Å². The molecule has 0 amide bonds. The lowest BCUT2D eigenvalue weighted by Gasteiger charge is -2.21. The molecule has 0 spiro atoms. The van der Waals surface area contributed by atoms with Crippen molar-refractivity contribution in [1.29, 1.82) is 0 Å². The highest BCUT2D eigenvalue weighted by molar-refractivity contribution is 9.10. The number of rotatable bonds is 3. The van der Waals surface area contributed by atoms with Gasteiger partial charge in [0.1, 0.15) is 0 Å². The number of benzene rings is 2. The van der Waals surface area contributed by atoms with Crippen molar-refractivity contribution in [2.24, 2.45) is 0 Å². The lowest BCUT2D eigenvalue weighted by molar-refractivity contribution is 0.584. The van der Waals surface area contributed by atoms with E-state index in [1.165, 1.54) is 0 Å². The highest BCUT2D eigenvalue weighted by atomic mass is 79.9. The molecule has 0 aliphatic carbocycles. The van der Waals surface area contributed by atoms with Crippen molar-refractivity contribution in [1.82, 2.24) is 0 Å². The molecule has 0 aromatic heterocycles. The van der Waals surface area contributed by atoms with E-state index in [0.717, 1.165) is 15.6 Å². The third kappa shape index (κ3) is 3.90. The summed E-state index contributed by atoms with van der Waals surface area (Å²) >= 11 is 3.34.